The second-order valence-electron chi connectivity index (χ2n) is 6.81. The molecule has 0 N–H and O–H groups in total. The molecule has 0 spiro atoms. The number of ether oxygens (including phenoxy) is 2. The minimum Gasteiger partial charge on any atom is -0.480 e. The third-order valence-electron chi connectivity index (χ3n) is 5.08. The lowest BCUT2D eigenvalue weighted by molar-refractivity contribution is -0.130. The van der Waals surface area contributed by atoms with Crippen LogP contribution in [0.2, 0.25) is 0 Å². The number of methoxy groups -OCH3 is 1. The zero-order valence-corrected chi connectivity index (χ0v) is 14.4. The van der Waals surface area contributed by atoms with E-state index in [2.05, 4.69) is 9.97 Å². The molecule has 0 radical (unpaired) electrons. The van der Waals surface area contributed by atoms with Crippen LogP contribution in [0.3, 0.4) is 0 Å². The molecule has 6 nitrogen and oxygen atoms in total. The highest BCUT2D eigenvalue weighted by Crippen LogP contribution is 2.28. The second-order valence-corrected chi connectivity index (χ2v) is 6.81. The van der Waals surface area contributed by atoms with Crippen molar-refractivity contribution in [3.8, 4) is 11.8 Å². The molecule has 6 heteroatoms. The van der Waals surface area contributed by atoms with Gasteiger partial charge in [0.25, 0.3) is 0 Å². The predicted octanol–water partition coefficient (Wildman–Crippen LogP) is 2.83. The largest absolute Gasteiger partial charge is 0.480 e. The van der Waals surface area contributed by atoms with Crippen molar-refractivity contribution >= 4 is 5.91 Å². The first kappa shape index (κ1) is 17.0. The molecule has 1 amide bonds. The first-order valence-corrected chi connectivity index (χ1v) is 9.05. The molecule has 2 heterocycles. The Morgan fingerprint density at radius 3 is 2.79 bits per heavy atom. The van der Waals surface area contributed by atoms with Gasteiger partial charge in [-0.25, -0.2) is 0 Å². The Bertz CT molecular complexity index is 546. The maximum absolute atomic E-state index is 12.4. The number of likely N-dealkylation sites (tertiary alicyclic amines) is 1. The Balaban J connectivity index is 1.43. The summed E-state index contributed by atoms with van der Waals surface area (Å²) in [6.07, 6.45) is 12.3. The van der Waals surface area contributed by atoms with E-state index in [1.54, 1.807) is 19.5 Å². The number of hydrogen-bond donors (Lipinski definition) is 0. The molecule has 1 aromatic rings. The van der Waals surface area contributed by atoms with Crippen LogP contribution in [0, 0.1) is 5.92 Å². The van der Waals surface area contributed by atoms with Crippen molar-refractivity contribution in [2.75, 3.05) is 20.2 Å². The Morgan fingerprint density at radius 2 is 2.00 bits per heavy atom. The second kappa shape index (κ2) is 8.31. The van der Waals surface area contributed by atoms with Crippen LogP contribution in [0.1, 0.15) is 51.4 Å². The summed E-state index contributed by atoms with van der Waals surface area (Å²) in [5.74, 6) is 1.91. The quantitative estimate of drug-likeness (QED) is 0.801. The number of carbonyl (C=O) groups is 1. The molecule has 0 aromatic carbocycles. The van der Waals surface area contributed by atoms with E-state index in [0.717, 1.165) is 25.3 Å². The van der Waals surface area contributed by atoms with Gasteiger partial charge in [-0.1, -0.05) is 32.1 Å². The van der Waals surface area contributed by atoms with Gasteiger partial charge in [0.2, 0.25) is 17.7 Å². The van der Waals surface area contributed by atoms with E-state index in [0.29, 0.717) is 24.7 Å². The Kier molecular flexibility index (Phi) is 5.88. The van der Waals surface area contributed by atoms with Gasteiger partial charge in [0.1, 0.15) is 6.10 Å². The van der Waals surface area contributed by atoms with Gasteiger partial charge < -0.3 is 14.4 Å². The van der Waals surface area contributed by atoms with Crippen LogP contribution in [0.4, 0.5) is 0 Å². The van der Waals surface area contributed by atoms with Crippen molar-refractivity contribution in [3.05, 3.63) is 12.4 Å². The standard InChI is InChI=1S/C18H27N3O3/c1-23-16-11-19-12-17(20-16)24-15-9-10-21(13-15)18(22)8-7-14-5-3-2-4-6-14/h11-12,14-15H,2-10,13H2,1H3. The zero-order chi connectivity index (χ0) is 16.8. The maximum atomic E-state index is 12.4. The minimum absolute atomic E-state index is 0.00923. The van der Waals surface area contributed by atoms with Gasteiger partial charge in [0.05, 0.1) is 26.0 Å². The molecule has 1 saturated carbocycles. The third-order valence-corrected chi connectivity index (χ3v) is 5.08. The van der Waals surface area contributed by atoms with Gasteiger partial charge in [0.15, 0.2) is 0 Å². The average Bonchev–Trinajstić information content (AvgIpc) is 3.09. The zero-order valence-electron chi connectivity index (χ0n) is 14.4. The Hall–Kier alpha value is -1.85. The summed E-state index contributed by atoms with van der Waals surface area (Å²) in [5.41, 5.74) is 0. The van der Waals surface area contributed by atoms with Crippen molar-refractivity contribution in [2.45, 2.75) is 57.5 Å². The van der Waals surface area contributed by atoms with Gasteiger partial charge in [-0.3, -0.25) is 9.78 Å². The lowest BCUT2D eigenvalue weighted by Gasteiger charge is -2.22. The topological polar surface area (TPSA) is 64.6 Å². The molecule has 1 aromatic heterocycles. The number of carbonyl (C=O) groups excluding carboxylic acids is 1. The monoisotopic (exact) mass is 333 g/mol. The van der Waals surface area contributed by atoms with Crippen molar-refractivity contribution in [2.24, 2.45) is 5.92 Å². The van der Waals surface area contributed by atoms with Crippen molar-refractivity contribution < 1.29 is 14.3 Å². The van der Waals surface area contributed by atoms with Gasteiger partial charge in [-0.2, -0.15) is 4.98 Å². The van der Waals surface area contributed by atoms with Crippen LogP contribution in [0.25, 0.3) is 0 Å². The van der Waals surface area contributed by atoms with Crippen LogP contribution in [0.5, 0.6) is 11.8 Å². The molecule has 1 saturated heterocycles. The molecule has 1 aliphatic heterocycles. The normalized spacial score (nSPS) is 21.7. The molecule has 0 bridgehead atoms. The summed E-state index contributed by atoms with van der Waals surface area (Å²) >= 11 is 0. The van der Waals surface area contributed by atoms with Crippen LogP contribution in [0.15, 0.2) is 12.4 Å². The Labute approximate surface area is 143 Å². The number of aromatic nitrogens is 2. The lowest BCUT2D eigenvalue weighted by atomic mass is 9.86. The molecule has 1 aliphatic carbocycles. The van der Waals surface area contributed by atoms with E-state index in [-0.39, 0.29) is 12.0 Å². The highest BCUT2D eigenvalue weighted by molar-refractivity contribution is 5.76. The first-order chi connectivity index (χ1) is 11.7. The first-order valence-electron chi connectivity index (χ1n) is 9.05. The van der Waals surface area contributed by atoms with Gasteiger partial charge in [0, 0.05) is 19.4 Å². The Morgan fingerprint density at radius 1 is 1.21 bits per heavy atom. The van der Waals surface area contributed by atoms with E-state index in [1.165, 1.54) is 32.1 Å². The molecular formula is C18H27N3O3. The third kappa shape index (κ3) is 4.58. The van der Waals surface area contributed by atoms with Crippen LogP contribution in [-0.2, 0) is 4.79 Å². The average molecular weight is 333 g/mol. The van der Waals surface area contributed by atoms with E-state index < -0.39 is 0 Å². The predicted molar refractivity (Wildman–Crippen MR) is 90.0 cm³/mol. The fraction of sp³-hybridized carbons (Fsp3) is 0.722. The highest BCUT2D eigenvalue weighted by atomic mass is 16.5. The summed E-state index contributed by atoms with van der Waals surface area (Å²) in [4.78, 5) is 22.6. The van der Waals surface area contributed by atoms with E-state index in [4.69, 9.17) is 9.47 Å². The maximum Gasteiger partial charge on any atom is 0.235 e. The summed E-state index contributed by atoms with van der Waals surface area (Å²) in [7, 11) is 1.55. The summed E-state index contributed by atoms with van der Waals surface area (Å²) < 4.78 is 10.9. The number of rotatable bonds is 6. The number of nitrogens with zero attached hydrogens (tertiary/aromatic N) is 3. The lowest BCUT2D eigenvalue weighted by Crippen LogP contribution is -2.31. The summed E-state index contributed by atoms with van der Waals surface area (Å²) in [5, 5.41) is 0. The van der Waals surface area contributed by atoms with Crippen LogP contribution < -0.4 is 9.47 Å². The van der Waals surface area contributed by atoms with Gasteiger partial charge in [-0.05, 0) is 12.3 Å². The number of hydrogen-bond acceptors (Lipinski definition) is 5. The minimum atomic E-state index is -0.00923. The summed E-state index contributed by atoms with van der Waals surface area (Å²) in [6, 6.07) is 0. The smallest absolute Gasteiger partial charge is 0.235 e. The summed E-state index contributed by atoms with van der Waals surface area (Å²) in [6.45, 7) is 1.41. The molecule has 1 unspecified atom stereocenters. The number of amides is 1. The molecular weight excluding hydrogens is 306 g/mol. The molecule has 1 atom stereocenters. The van der Waals surface area contributed by atoms with E-state index in [9.17, 15) is 4.79 Å². The van der Waals surface area contributed by atoms with Crippen molar-refractivity contribution in [1.82, 2.24) is 14.9 Å². The van der Waals surface area contributed by atoms with E-state index in [1.807, 2.05) is 4.90 Å². The molecule has 2 aliphatic rings. The van der Waals surface area contributed by atoms with E-state index >= 15 is 0 Å². The van der Waals surface area contributed by atoms with Crippen LogP contribution >= 0.6 is 0 Å². The van der Waals surface area contributed by atoms with Crippen LogP contribution in [-0.4, -0.2) is 47.1 Å². The van der Waals surface area contributed by atoms with Crippen molar-refractivity contribution in [3.63, 3.8) is 0 Å². The fourth-order valence-electron chi connectivity index (χ4n) is 3.67. The fourth-order valence-corrected chi connectivity index (χ4v) is 3.67. The SMILES string of the molecule is COc1cncc(OC2CCN(C(=O)CCC3CCCCC3)C2)n1. The molecule has 3 rings (SSSR count). The van der Waals surface area contributed by atoms with Gasteiger partial charge in [-0.15, -0.1) is 0 Å². The molecule has 24 heavy (non-hydrogen) atoms. The highest BCUT2D eigenvalue weighted by Gasteiger charge is 2.28. The van der Waals surface area contributed by atoms with Crippen molar-refractivity contribution in [1.29, 1.82) is 0 Å². The van der Waals surface area contributed by atoms with Gasteiger partial charge >= 0.3 is 0 Å². The molecule has 132 valence electrons. The molecule has 2 fully saturated rings.